The average molecular weight is 249 g/mol. The Labute approximate surface area is 103 Å². The maximum atomic E-state index is 11.2. The van der Waals surface area contributed by atoms with E-state index in [1.807, 2.05) is 0 Å². The van der Waals surface area contributed by atoms with Crippen molar-refractivity contribution < 1.29 is 9.53 Å². The van der Waals surface area contributed by atoms with Gasteiger partial charge in [-0.15, -0.1) is 0 Å². The molecule has 0 fully saturated rings. The van der Waals surface area contributed by atoms with Crippen LogP contribution in [0.2, 0.25) is 5.28 Å². The van der Waals surface area contributed by atoms with Gasteiger partial charge in [0.05, 0.1) is 18.4 Å². The van der Waals surface area contributed by atoms with E-state index >= 15 is 0 Å². The Hall–Kier alpha value is -1.94. The Bertz CT molecular complexity index is 540. The normalized spacial score (nSPS) is 10.0. The Morgan fingerprint density at radius 2 is 1.94 bits per heavy atom. The summed E-state index contributed by atoms with van der Waals surface area (Å²) in [6.07, 6.45) is 1.58. The first kappa shape index (κ1) is 11.5. The van der Waals surface area contributed by atoms with Crippen LogP contribution in [0.4, 0.5) is 0 Å². The summed E-state index contributed by atoms with van der Waals surface area (Å²) in [5.74, 6) is -0.364. The zero-order chi connectivity index (χ0) is 12.3. The summed E-state index contributed by atoms with van der Waals surface area (Å²) >= 11 is 5.70. The van der Waals surface area contributed by atoms with Crippen molar-refractivity contribution in [1.29, 1.82) is 0 Å². The first-order chi connectivity index (χ1) is 8.20. The molecule has 0 spiro atoms. The molecule has 2 rings (SSSR count). The molecule has 1 heterocycles. The zero-order valence-electron chi connectivity index (χ0n) is 9.05. The second kappa shape index (κ2) is 4.93. The quantitative estimate of drug-likeness (QED) is 0.606. The van der Waals surface area contributed by atoms with Crippen LogP contribution >= 0.6 is 11.6 Å². The van der Waals surface area contributed by atoms with Crippen molar-refractivity contribution in [3.05, 3.63) is 47.4 Å². The number of aromatic nitrogens is 2. The number of nitrogens with zero attached hydrogens (tertiary/aromatic N) is 2. The van der Waals surface area contributed by atoms with Crippen LogP contribution in [0.1, 0.15) is 10.4 Å². The Balaban J connectivity index is 2.32. The molecule has 0 aliphatic rings. The number of carbonyl (C=O) groups is 1. The van der Waals surface area contributed by atoms with Gasteiger partial charge in [0.1, 0.15) is 0 Å². The highest BCUT2D eigenvalue weighted by Gasteiger charge is 2.06. The number of carbonyl (C=O) groups excluding carboxylic acids is 1. The van der Waals surface area contributed by atoms with Crippen LogP contribution in [-0.2, 0) is 4.74 Å². The standard InChI is InChI=1S/C12H9ClN2O2/c1-17-11(16)9-4-2-8(3-5-9)10-6-7-14-12(13)15-10/h2-7H,1H3. The largest absolute Gasteiger partial charge is 0.465 e. The molecule has 4 nitrogen and oxygen atoms in total. The summed E-state index contributed by atoms with van der Waals surface area (Å²) < 4.78 is 4.62. The second-order valence-electron chi connectivity index (χ2n) is 3.28. The molecule has 2 aromatic rings. The van der Waals surface area contributed by atoms with Gasteiger partial charge in [0, 0.05) is 11.8 Å². The molecule has 5 heteroatoms. The number of hydrogen-bond donors (Lipinski definition) is 0. The van der Waals surface area contributed by atoms with Gasteiger partial charge in [-0.05, 0) is 29.8 Å². The molecular weight excluding hydrogens is 240 g/mol. The zero-order valence-corrected chi connectivity index (χ0v) is 9.81. The van der Waals surface area contributed by atoms with Crippen molar-refractivity contribution in [2.24, 2.45) is 0 Å². The van der Waals surface area contributed by atoms with Crippen molar-refractivity contribution >= 4 is 17.6 Å². The molecule has 0 saturated carbocycles. The fourth-order valence-electron chi connectivity index (χ4n) is 1.39. The summed E-state index contributed by atoms with van der Waals surface area (Å²) in [6, 6.07) is 8.67. The van der Waals surface area contributed by atoms with E-state index < -0.39 is 0 Å². The summed E-state index contributed by atoms with van der Waals surface area (Å²) in [5.41, 5.74) is 2.07. The maximum Gasteiger partial charge on any atom is 0.337 e. The van der Waals surface area contributed by atoms with Crippen molar-refractivity contribution in [3.8, 4) is 11.3 Å². The van der Waals surface area contributed by atoms with Crippen molar-refractivity contribution in [2.75, 3.05) is 7.11 Å². The molecule has 0 aliphatic heterocycles. The maximum absolute atomic E-state index is 11.2. The summed E-state index contributed by atoms with van der Waals surface area (Å²) in [5, 5.41) is 0.194. The highest BCUT2D eigenvalue weighted by Crippen LogP contribution is 2.18. The molecule has 0 aliphatic carbocycles. The van der Waals surface area contributed by atoms with E-state index in [1.165, 1.54) is 7.11 Å². The molecule has 0 radical (unpaired) electrons. The van der Waals surface area contributed by atoms with Gasteiger partial charge < -0.3 is 4.74 Å². The van der Waals surface area contributed by atoms with Crippen LogP contribution in [0.25, 0.3) is 11.3 Å². The number of hydrogen-bond acceptors (Lipinski definition) is 4. The van der Waals surface area contributed by atoms with Gasteiger partial charge in [0.2, 0.25) is 5.28 Å². The van der Waals surface area contributed by atoms with Gasteiger partial charge in [-0.2, -0.15) is 0 Å². The van der Waals surface area contributed by atoms with E-state index in [2.05, 4.69) is 14.7 Å². The van der Waals surface area contributed by atoms with E-state index in [0.717, 1.165) is 5.56 Å². The average Bonchev–Trinajstić information content (AvgIpc) is 2.38. The fraction of sp³-hybridized carbons (Fsp3) is 0.0833. The number of ether oxygens (including phenoxy) is 1. The van der Waals surface area contributed by atoms with Crippen molar-refractivity contribution in [1.82, 2.24) is 9.97 Å². The minimum Gasteiger partial charge on any atom is -0.465 e. The van der Waals surface area contributed by atoms with Gasteiger partial charge in [0.15, 0.2) is 0 Å². The van der Waals surface area contributed by atoms with Crippen LogP contribution in [0.3, 0.4) is 0 Å². The number of rotatable bonds is 2. The van der Waals surface area contributed by atoms with E-state index in [-0.39, 0.29) is 11.3 Å². The lowest BCUT2D eigenvalue weighted by Gasteiger charge is -2.02. The molecule has 0 atom stereocenters. The minimum atomic E-state index is -0.364. The van der Waals surface area contributed by atoms with Crippen LogP contribution in [-0.4, -0.2) is 23.0 Å². The Kier molecular flexibility index (Phi) is 3.35. The van der Waals surface area contributed by atoms with Crippen LogP contribution in [0.15, 0.2) is 36.5 Å². The van der Waals surface area contributed by atoms with Crippen LogP contribution < -0.4 is 0 Å². The molecule has 0 amide bonds. The molecular formula is C12H9ClN2O2. The van der Waals surface area contributed by atoms with E-state index in [1.54, 1.807) is 36.5 Å². The van der Waals surface area contributed by atoms with Crippen molar-refractivity contribution in [2.45, 2.75) is 0 Å². The lowest BCUT2D eigenvalue weighted by Crippen LogP contribution is -2.00. The van der Waals surface area contributed by atoms with Gasteiger partial charge in [-0.3, -0.25) is 0 Å². The lowest BCUT2D eigenvalue weighted by atomic mass is 10.1. The number of halogens is 1. The van der Waals surface area contributed by atoms with E-state index in [0.29, 0.717) is 11.3 Å². The van der Waals surface area contributed by atoms with Gasteiger partial charge in [-0.25, -0.2) is 14.8 Å². The van der Waals surface area contributed by atoms with Crippen LogP contribution in [0, 0.1) is 0 Å². The van der Waals surface area contributed by atoms with E-state index in [4.69, 9.17) is 11.6 Å². The summed E-state index contributed by atoms with van der Waals surface area (Å²) in [7, 11) is 1.35. The summed E-state index contributed by atoms with van der Waals surface area (Å²) in [6.45, 7) is 0. The first-order valence-corrected chi connectivity index (χ1v) is 5.26. The molecule has 1 aromatic carbocycles. The molecule has 86 valence electrons. The summed E-state index contributed by atoms with van der Waals surface area (Å²) in [4.78, 5) is 19.1. The predicted molar refractivity (Wildman–Crippen MR) is 63.8 cm³/mol. The molecule has 1 aromatic heterocycles. The predicted octanol–water partition coefficient (Wildman–Crippen LogP) is 2.58. The smallest absolute Gasteiger partial charge is 0.337 e. The Morgan fingerprint density at radius 1 is 1.24 bits per heavy atom. The highest BCUT2D eigenvalue weighted by atomic mass is 35.5. The lowest BCUT2D eigenvalue weighted by molar-refractivity contribution is 0.0601. The highest BCUT2D eigenvalue weighted by molar-refractivity contribution is 6.28. The monoisotopic (exact) mass is 248 g/mol. The molecule has 0 saturated heterocycles. The number of esters is 1. The first-order valence-electron chi connectivity index (χ1n) is 4.88. The van der Waals surface area contributed by atoms with Gasteiger partial charge in [0.25, 0.3) is 0 Å². The van der Waals surface area contributed by atoms with Crippen molar-refractivity contribution in [3.63, 3.8) is 0 Å². The van der Waals surface area contributed by atoms with Gasteiger partial charge >= 0.3 is 5.97 Å². The van der Waals surface area contributed by atoms with Gasteiger partial charge in [-0.1, -0.05) is 12.1 Å². The Morgan fingerprint density at radius 3 is 2.53 bits per heavy atom. The number of benzene rings is 1. The molecule has 17 heavy (non-hydrogen) atoms. The SMILES string of the molecule is COC(=O)c1ccc(-c2ccnc(Cl)n2)cc1. The fourth-order valence-corrected chi connectivity index (χ4v) is 1.54. The second-order valence-corrected chi connectivity index (χ2v) is 3.62. The molecule has 0 N–H and O–H groups in total. The van der Waals surface area contributed by atoms with Crippen LogP contribution in [0.5, 0.6) is 0 Å². The molecule has 0 unspecified atom stereocenters. The number of methoxy groups -OCH3 is 1. The molecule has 0 bridgehead atoms. The minimum absolute atomic E-state index is 0.194. The third-order valence-electron chi connectivity index (χ3n) is 2.23. The third kappa shape index (κ3) is 2.60. The topological polar surface area (TPSA) is 52.1 Å². The van der Waals surface area contributed by atoms with E-state index in [9.17, 15) is 4.79 Å². The third-order valence-corrected chi connectivity index (χ3v) is 2.41.